The molecule has 1 fully saturated rings. The predicted molar refractivity (Wildman–Crippen MR) is 81.1 cm³/mol. The molecule has 24 heavy (non-hydrogen) atoms. The van der Waals surface area contributed by atoms with Gasteiger partial charge in [-0.2, -0.15) is 0 Å². The fourth-order valence-electron chi connectivity index (χ4n) is 3.54. The van der Waals surface area contributed by atoms with Gasteiger partial charge in [0.2, 0.25) is 0 Å². The summed E-state index contributed by atoms with van der Waals surface area (Å²) < 4.78 is 30.5. The van der Waals surface area contributed by atoms with Crippen molar-refractivity contribution in [3.8, 4) is 0 Å². The summed E-state index contributed by atoms with van der Waals surface area (Å²) in [7, 11) is 1.27. The molecule has 7 heteroatoms. The topological polar surface area (TPSA) is 65.1 Å². The van der Waals surface area contributed by atoms with Crippen LogP contribution >= 0.6 is 0 Å². The molecule has 0 saturated carbocycles. The number of rotatable bonds is 1. The lowest BCUT2D eigenvalue weighted by molar-refractivity contribution is -0.171. The third-order valence-corrected chi connectivity index (χ3v) is 4.54. The molecule has 1 aromatic rings. The molecule has 3 heterocycles. The van der Waals surface area contributed by atoms with Crippen LogP contribution in [0.15, 0.2) is 23.9 Å². The van der Waals surface area contributed by atoms with Gasteiger partial charge in [-0.05, 0) is 18.2 Å². The van der Waals surface area contributed by atoms with E-state index in [0.717, 1.165) is 0 Å². The van der Waals surface area contributed by atoms with Gasteiger partial charge in [0.25, 0.3) is 0 Å². The molecule has 0 bridgehead atoms. The normalized spacial score (nSPS) is 20.5. The first-order chi connectivity index (χ1) is 11.6. The van der Waals surface area contributed by atoms with Gasteiger partial charge in [-0.3, -0.25) is 0 Å². The Morgan fingerprint density at radius 3 is 2.79 bits per heavy atom. The molecule has 0 unspecified atom stereocenters. The highest BCUT2D eigenvalue weighted by atomic mass is 19.1. The molecule has 1 aromatic carbocycles. The average Bonchev–Trinajstić information content (AvgIpc) is 3.06. The molecule has 1 spiro atoms. The molecule has 0 atom stereocenters. The van der Waals surface area contributed by atoms with Crippen molar-refractivity contribution in [2.75, 3.05) is 31.8 Å². The maximum atomic E-state index is 14.2. The van der Waals surface area contributed by atoms with E-state index in [1.165, 1.54) is 25.3 Å². The molecule has 124 valence electrons. The van der Waals surface area contributed by atoms with Gasteiger partial charge in [0.1, 0.15) is 17.5 Å². The van der Waals surface area contributed by atoms with E-state index in [1.807, 2.05) is 0 Å². The third-order valence-electron chi connectivity index (χ3n) is 4.54. The van der Waals surface area contributed by atoms with Crippen LogP contribution < -0.4 is 4.90 Å². The van der Waals surface area contributed by atoms with Gasteiger partial charge < -0.3 is 19.1 Å². The molecule has 0 aromatic heterocycles. The zero-order valence-corrected chi connectivity index (χ0v) is 12.9. The van der Waals surface area contributed by atoms with Gasteiger partial charge >= 0.3 is 5.97 Å². The minimum atomic E-state index is -1.05. The molecule has 4 rings (SSSR count). The lowest BCUT2D eigenvalue weighted by Gasteiger charge is -2.43. The zero-order valence-electron chi connectivity index (χ0n) is 12.9. The average molecular weight is 331 g/mol. The first-order valence-electron chi connectivity index (χ1n) is 7.54. The van der Waals surface area contributed by atoms with Crippen molar-refractivity contribution >= 4 is 23.2 Å². The summed E-state index contributed by atoms with van der Waals surface area (Å²) >= 11 is 0. The summed E-state index contributed by atoms with van der Waals surface area (Å²) in [6.45, 7) is 1.22. The Balaban J connectivity index is 1.99. The number of allylic oxidation sites excluding steroid dienone is 2. The standard InChI is InChI=1S/C17H14FNO5/c1-22-16(21)14-6-10(9-20)12-7-11(18)8-13-15(12)19(14)3-2-17(13)23-4-5-24-17/h6-8H,2-5H2,1H3. The number of anilines is 1. The van der Waals surface area contributed by atoms with Crippen molar-refractivity contribution in [3.05, 3.63) is 40.8 Å². The highest BCUT2D eigenvalue weighted by Crippen LogP contribution is 2.50. The molecule has 0 radical (unpaired) electrons. The Hall–Kier alpha value is -2.47. The van der Waals surface area contributed by atoms with E-state index >= 15 is 0 Å². The first kappa shape index (κ1) is 15.1. The van der Waals surface area contributed by atoms with E-state index < -0.39 is 17.6 Å². The Labute approximate surface area is 137 Å². The van der Waals surface area contributed by atoms with Crippen LogP contribution in [-0.4, -0.2) is 38.8 Å². The van der Waals surface area contributed by atoms with Crippen molar-refractivity contribution in [3.63, 3.8) is 0 Å². The summed E-state index contributed by atoms with van der Waals surface area (Å²) in [6.07, 6.45) is 1.80. The number of halogens is 1. The summed E-state index contributed by atoms with van der Waals surface area (Å²) in [5.41, 5.74) is 1.68. The Bertz CT molecular complexity index is 819. The summed E-state index contributed by atoms with van der Waals surface area (Å²) in [5.74, 6) is -0.351. The second-order valence-corrected chi connectivity index (χ2v) is 5.74. The van der Waals surface area contributed by atoms with E-state index in [-0.39, 0.29) is 11.3 Å². The zero-order chi connectivity index (χ0) is 16.9. The van der Waals surface area contributed by atoms with Gasteiger partial charge in [-0.15, -0.1) is 0 Å². The molecule has 0 N–H and O–H groups in total. The molecule has 0 amide bonds. The number of esters is 1. The molecular formula is C17H14FNO5. The third kappa shape index (κ3) is 1.96. The number of ether oxygens (including phenoxy) is 3. The van der Waals surface area contributed by atoms with Crippen LogP contribution in [0.25, 0.3) is 5.57 Å². The molecule has 3 aliphatic heterocycles. The highest BCUT2D eigenvalue weighted by molar-refractivity contribution is 6.07. The minimum absolute atomic E-state index is 0.0949. The van der Waals surface area contributed by atoms with Crippen LogP contribution in [0.4, 0.5) is 10.1 Å². The monoisotopic (exact) mass is 331 g/mol. The number of benzene rings is 1. The molecular weight excluding hydrogens is 317 g/mol. The van der Waals surface area contributed by atoms with Crippen molar-refractivity contribution in [2.45, 2.75) is 12.2 Å². The van der Waals surface area contributed by atoms with Crippen molar-refractivity contribution in [1.82, 2.24) is 0 Å². The lowest BCUT2D eigenvalue weighted by atomic mass is 9.86. The Morgan fingerprint density at radius 1 is 1.38 bits per heavy atom. The van der Waals surface area contributed by atoms with Crippen LogP contribution in [0, 0.1) is 5.82 Å². The van der Waals surface area contributed by atoms with E-state index in [9.17, 15) is 14.0 Å². The summed E-state index contributed by atoms with van der Waals surface area (Å²) in [4.78, 5) is 25.2. The largest absolute Gasteiger partial charge is 0.464 e. The summed E-state index contributed by atoms with van der Waals surface area (Å²) in [6, 6.07) is 2.59. The lowest BCUT2D eigenvalue weighted by Crippen LogP contribution is -2.44. The van der Waals surface area contributed by atoms with E-state index in [4.69, 9.17) is 14.2 Å². The van der Waals surface area contributed by atoms with Crippen LogP contribution in [0.1, 0.15) is 17.5 Å². The number of hydrogen-bond acceptors (Lipinski definition) is 6. The SMILES string of the molecule is COC(=O)C1=CC(=C=O)c2cc(F)cc3c2N1CCC31OCCO1. The number of carbonyl (C=O) groups excluding carboxylic acids is 2. The number of methoxy groups -OCH3 is 1. The Morgan fingerprint density at radius 2 is 2.12 bits per heavy atom. The van der Waals surface area contributed by atoms with E-state index in [2.05, 4.69) is 0 Å². The van der Waals surface area contributed by atoms with Gasteiger partial charge in [-0.25, -0.2) is 14.0 Å². The van der Waals surface area contributed by atoms with Crippen molar-refractivity contribution in [2.24, 2.45) is 0 Å². The molecule has 1 saturated heterocycles. The van der Waals surface area contributed by atoms with Gasteiger partial charge in [0.05, 0.1) is 31.6 Å². The van der Waals surface area contributed by atoms with Crippen LogP contribution in [0.3, 0.4) is 0 Å². The van der Waals surface area contributed by atoms with Crippen LogP contribution in [0.2, 0.25) is 0 Å². The van der Waals surface area contributed by atoms with Gasteiger partial charge in [0.15, 0.2) is 5.79 Å². The van der Waals surface area contributed by atoms with Crippen molar-refractivity contribution < 1.29 is 28.2 Å². The Kier molecular flexibility index (Phi) is 3.31. The second-order valence-electron chi connectivity index (χ2n) is 5.74. The van der Waals surface area contributed by atoms with Crippen LogP contribution in [-0.2, 0) is 29.6 Å². The number of nitrogens with zero attached hydrogens (tertiary/aromatic N) is 1. The van der Waals surface area contributed by atoms with E-state index in [1.54, 1.807) is 10.8 Å². The predicted octanol–water partition coefficient (Wildman–Crippen LogP) is 1.52. The smallest absolute Gasteiger partial charge is 0.354 e. The van der Waals surface area contributed by atoms with Gasteiger partial charge in [-0.1, -0.05) is 0 Å². The maximum absolute atomic E-state index is 14.2. The van der Waals surface area contributed by atoms with Gasteiger partial charge in [0, 0.05) is 24.1 Å². The number of hydrogen-bond donors (Lipinski definition) is 0. The molecule has 3 aliphatic rings. The first-order valence-corrected chi connectivity index (χ1v) is 7.54. The highest BCUT2D eigenvalue weighted by Gasteiger charge is 2.48. The summed E-state index contributed by atoms with van der Waals surface area (Å²) in [5, 5.41) is 0. The fraction of sp³-hybridized carbons (Fsp3) is 0.353. The number of carbonyl (C=O) groups is 1. The van der Waals surface area contributed by atoms with Crippen LogP contribution in [0.5, 0.6) is 0 Å². The molecule has 6 nitrogen and oxygen atoms in total. The van der Waals surface area contributed by atoms with Crippen molar-refractivity contribution in [1.29, 1.82) is 0 Å². The minimum Gasteiger partial charge on any atom is -0.464 e. The quantitative estimate of drug-likeness (QED) is 0.574. The maximum Gasteiger partial charge on any atom is 0.354 e. The second kappa shape index (κ2) is 5.27. The number of fused-ring (bicyclic) bond motifs is 1. The fourth-order valence-corrected chi connectivity index (χ4v) is 3.54. The molecule has 0 aliphatic carbocycles. The van der Waals surface area contributed by atoms with E-state index in [0.29, 0.717) is 43.0 Å².